The fourth-order valence-corrected chi connectivity index (χ4v) is 5.34. The fourth-order valence-electron chi connectivity index (χ4n) is 4.01. The Hall–Kier alpha value is -1.89. The molecule has 27 heavy (non-hydrogen) atoms. The number of benzene rings is 2. The fraction of sp³-hybridized carbons (Fsp3) is 0.476. The second-order valence-electron chi connectivity index (χ2n) is 8.01. The van der Waals surface area contributed by atoms with Gasteiger partial charge in [0.15, 0.2) is 14.1 Å². The molecule has 1 aliphatic rings. The van der Waals surface area contributed by atoms with Crippen molar-refractivity contribution in [1.29, 1.82) is 0 Å². The molecule has 0 aromatic heterocycles. The van der Waals surface area contributed by atoms with Crippen LogP contribution >= 0.6 is 0 Å². The van der Waals surface area contributed by atoms with E-state index >= 15 is 0 Å². The molecule has 2 aromatic carbocycles. The number of hydrogen-bond acceptors (Lipinski definition) is 4. The zero-order valence-corrected chi connectivity index (χ0v) is 17.8. The van der Waals surface area contributed by atoms with Crippen molar-refractivity contribution in [3.8, 4) is 0 Å². The summed E-state index contributed by atoms with van der Waals surface area (Å²) >= 11 is 0. The Balaban J connectivity index is 2.14. The van der Waals surface area contributed by atoms with Crippen molar-refractivity contribution >= 4 is 25.2 Å². The lowest BCUT2D eigenvalue weighted by molar-refractivity contribution is -0.229. The van der Waals surface area contributed by atoms with Gasteiger partial charge >= 0.3 is 6.09 Å². The topological polar surface area (TPSA) is 48.0 Å². The van der Waals surface area contributed by atoms with Crippen molar-refractivity contribution in [1.82, 2.24) is 4.90 Å². The lowest BCUT2D eigenvalue weighted by atomic mass is 9.88. The Morgan fingerprint density at radius 2 is 1.81 bits per heavy atom. The van der Waals surface area contributed by atoms with Crippen LogP contribution < -0.4 is 0 Å². The van der Waals surface area contributed by atoms with E-state index in [9.17, 15) is 4.79 Å². The SMILES string of the molecule is COC(=O)N1CCCC(OC)(O[Si](C)(C)C)C1c1ccc2ccccc2c1. The number of fused-ring (bicyclic) bond motifs is 1. The minimum Gasteiger partial charge on any atom is -0.453 e. The summed E-state index contributed by atoms with van der Waals surface area (Å²) in [5, 5.41) is 2.29. The number of hydrogen-bond donors (Lipinski definition) is 0. The highest BCUT2D eigenvalue weighted by atomic mass is 28.4. The van der Waals surface area contributed by atoms with E-state index < -0.39 is 14.1 Å². The van der Waals surface area contributed by atoms with Crippen molar-refractivity contribution in [3.05, 3.63) is 48.0 Å². The van der Waals surface area contributed by atoms with Gasteiger partial charge in [-0.2, -0.15) is 0 Å². The van der Waals surface area contributed by atoms with Crippen LogP contribution in [0.25, 0.3) is 10.8 Å². The van der Waals surface area contributed by atoms with Gasteiger partial charge in [-0.25, -0.2) is 4.79 Å². The molecule has 0 N–H and O–H groups in total. The molecule has 2 aromatic rings. The van der Waals surface area contributed by atoms with E-state index in [1.807, 2.05) is 12.1 Å². The number of rotatable bonds is 4. The highest BCUT2D eigenvalue weighted by molar-refractivity contribution is 6.69. The van der Waals surface area contributed by atoms with Crippen LogP contribution in [-0.4, -0.2) is 45.9 Å². The quantitative estimate of drug-likeness (QED) is 0.551. The molecule has 1 amide bonds. The van der Waals surface area contributed by atoms with E-state index in [0.29, 0.717) is 6.54 Å². The van der Waals surface area contributed by atoms with Crippen LogP contribution in [0.5, 0.6) is 0 Å². The summed E-state index contributed by atoms with van der Waals surface area (Å²) in [7, 11) is 1.15. The standard InChI is InChI=1S/C21H29NO4Si/c1-24-20(23)22-14-8-13-21(25-2,26-27(3,4)5)19(22)18-12-11-16-9-6-7-10-17(16)15-18/h6-7,9-12,15,19H,8,13-14H2,1-5H3. The first-order valence-electron chi connectivity index (χ1n) is 9.38. The van der Waals surface area contributed by atoms with Crippen LogP contribution in [0.15, 0.2) is 42.5 Å². The molecule has 2 unspecified atom stereocenters. The number of amides is 1. The number of methoxy groups -OCH3 is 2. The second-order valence-corrected chi connectivity index (χ2v) is 12.4. The molecule has 0 spiro atoms. The van der Waals surface area contributed by atoms with Crippen LogP contribution in [0.4, 0.5) is 4.79 Å². The summed E-state index contributed by atoms with van der Waals surface area (Å²) in [6, 6.07) is 14.1. The van der Waals surface area contributed by atoms with Crippen LogP contribution in [0, 0.1) is 0 Å². The molecule has 3 rings (SSSR count). The molecule has 1 aliphatic heterocycles. The summed E-state index contributed by atoms with van der Waals surface area (Å²) in [5.41, 5.74) is 0.999. The lowest BCUT2D eigenvalue weighted by Crippen LogP contribution is -2.58. The monoisotopic (exact) mass is 387 g/mol. The Bertz CT molecular complexity index is 819. The number of carbonyl (C=O) groups excluding carboxylic acids is 1. The number of carbonyl (C=O) groups is 1. The maximum Gasteiger partial charge on any atom is 0.410 e. The van der Waals surface area contributed by atoms with Crippen LogP contribution in [-0.2, 0) is 13.9 Å². The largest absolute Gasteiger partial charge is 0.453 e. The van der Waals surface area contributed by atoms with E-state index in [-0.39, 0.29) is 12.1 Å². The minimum absolute atomic E-state index is 0.353. The van der Waals surface area contributed by atoms with Crippen molar-refractivity contribution in [3.63, 3.8) is 0 Å². The van der Waals surface area contributed by atoms with Gasteiger partial charge in [-0.15, -0.1) is 0 Å². The molecule has 1 fully saturated rings. The van der Waals surface area contributed by atoms with E-state index in [2.05, 4.69) is 50.0 Å². The molecular formula is C21H29NO4Si. The third-order valence-corrected chi connectivity index (χ3v) is 5.93. The summed E-state index contributed by atoms with van der Waals surface area (Å²) < 4.78 is 17.7. The van der Waals surface area contributed by atoms with Gasteiger partial charge in [0.1, 0.15) is 6.04 Å². The Kier molecular flexibility index (Phi) is 5.60. The van der Waals surface area contributed by atoms with Gasteiger partial charge in [-0.05, 0) is 48.5 Å². The first-order valence-corrected chi connectivity index (χ1v) is 12.8. The molecule has 0 aliphatic carbocycles. The van der Waals surface area contributed by atoms with Crippen molar-refractivity contribution < 1.29 is 18.7 Å². The molecule has 1 saturated heterocycles. The first-order chi connectivity index (χ1) is 12.8. The predicted molar refractivity (Wildman–Crippen MR) is 109 cm³/mol. The third kappa shape index (κ3) is 4.02. The predicted octanol–water partition coefficient (Wildman–Crippen LogP) is 4.94. The van der Waals surface area contributed by atoms with Crippen molar-refractivity contribution in [2.24, 2.45) is 0 Å². The molecular weight excluding hydrogens is 358 g/mol. The zero-order valence-electron chi connectivity index (χ0n) is 16.8. The summed E-state index contributed by atoms with van der Waals surface area (Å²) in [6.45, 7) is 7.04. The van der Waals surface area contributed by atoms with Gasteiger partial charge < -0.3 is 13.9 Å². The Morgan fingerprint density at radius 3 is 2.44 bits per heavy atom. The lowest BCUT2D eigenvalue weighted by Gasteiger charge is -2.50. The highest BCUT2D eigenvalue weighted by Crippen LogP contribution is 2.44. The summed E-state index contributed by atoms with van der Waals surface area (Å²) in [6.07, 6.45) is 1.18. The number of nitrogens with zero attached hydrogens (tertiary/aromatic N) is 1. The Morgan fingerprint density at radius 1 is 1.11 bits per heavy atom. The average Bonchev–Trinajstić information content (AvgIpc) is 2.65. The normalized spacial score (nSPS) is 23.4. The van der Waals surface area contributed by atoms with Gasteiger partial charge in [-0.3, -0.25) is 4.90 Å². The van der Waals surface area contributed by atoms with Crippen molar-refractivity contribution in [2.45, 2.75) is 44.3 Å². The third-order valence-electron chi connectivity index (χ3n) is 4.98. The number of piperidine rings is 1. The number of likely N-dealkylation sites (tertiary alicyclic amines) is 1. The van der Waals surface area contributed by atoms with E-state index in [1.54, 1.807) is 12.0 Å². The Labute approximate surface area is 162 Å². The van der Waals surface area contributed by atoms with Crippen LogP contribution in [0.3, 0.4) is 0 Å². The van der Waals surface area contributed by atoms with Gasteiger partial charge in [0.05, 0.1) is 7.11 Å². The molecule has 5 nitrogen and oxygen atoms in total. The average molecular weight is 388 g/mol. The minimum atomic E-state index is -1.94. The van der Waals surface area contributed by atoms with Gasteiger partial charge in [0, 0.05) is 20.1 Å². The molecule has 0 radical (unpaired) electrons. The molecule has 1 heterocycles. The molecule has 0 bridgehead atoms. The molecule has 2 atom stereocenters. The maximum absolute atomic E-state index is 12.6. The van der Waals surface area contributed by atoms with Crippen LogP contribution in [0.1, 0.15) is 24.4 Å². The smallest absolute Gasteiger partial charge is 0.410 e. The molecule has 6 heteroatoms. The van der Waals surface area contributed by atoms with E-state index in [1.165, 1.54) is 7.11 Å². The molecule has 146 valence electrons. The summed E-state index contributed by atoms with van der Waals surface area (Å²) in [4.78, 5) is 14.3. The van der Waals surface area contributed by atoms with Gasteiger partial charge in [0.25, 0.3) is 0 Å². The first kappa shape index (κ1) is 19.9. The summed E-state index contributed by atoms with van der Waals surface area (Å²) in [5.74, 6) is -0.876. The molecule has 0 saturated carbocycles. The van der Waals surface area contributed by atoms with E-state index in [4.69, 9.17) is 13.9 Å². The highest BCUT2D eigenvalue weighted by Gasteiger charge is 2.51. The maximum atomic E-state index is 12.6. The van der Waals surface area contributed by atoms with Crippen LogP contribution in [0.2, 0.25) is 19.6 Å². The van der Waals surface area contributed by atoms with E-state index in [0.717, 1.165) is 29.2 Å². The zero-order chi connectivity index (χ0) is 19.7. The van der Waals surface area contributed by atoms with Gasteiger partial charge in [-0.1, -0.05) is 36.4 Å². The second kappa shape index (κ2) is 7.62. The number of ether oxygens (including phenoxy) is 2. The van der Waals surface area contributed by atoms with Crippen molar-refractivity contribution in [2.75, 3.05) is 20.8 Å². The van der Waals surface area contributed by atoms with Gasteiger partial charge in [0.2, 0.25) is 0 Å².